The molecule has 0 aliphatic heterocycles. The van der Waals surface area contributed by atoms with Crippen molar-refractivity contribution < 1.29 is 22.6 Å². The Bertz CT molecular complexity index is 777. The quantitative estimate of drug-likeness (QED) is 0.291. The summed E-state index contributed by atoms with van der Waals surface area (Å²) in [7, 11) is -1.35. The van der Waals surface area contributed by atoms with Crippen LogP contribution in [0.2, 0.25) is 0 Å². The van der Waals surface area contributed by atoms with Gasteiger partial charge in [-0.2, -0.15) is 0 Å². The molecule has 0 bridgehead atoms. The summed E-state index contributed by atoms with van der Waals surface area (Å²) in [4.78, 5) is 4.66. The van der Waals surface area contributed by atoms with E-state index in [9.17, 15) is 8.42 Å². The van der Waals surface area contributed by atoms with Gasteiger partial charge in [0.05, 0.1) is 38.7 Å². The summed E-state index contributed by atoms with van der Waals surface area (Å²) in [5.74, 6) is 2.20. The summed E-state index contributed by atoms with van der Waals surface area (Å²) in [6.45, 7) is 4.29. The van der Waals surface area contributed by atoms with Gasteiger partial charge in [-0.25, -0.2) is 13.4 Å². The van der Waals surface area contributed by atoms with E-state index in [0.29, 0.717) is 25.7 Å². The van der Waals surface area contributed by atoms with E-state index in [0.717, 1.165) is 36.4 Å². The van der Waals surface area contributed by atoms with Crippen LogP contribution in [0.4, 0.5) is 0 Å². The van der Waals surface area contributed by atoms with Crippen molar-refractivity contribution in [2.45, 2.75) is 45.3 Å². The summed E-state index contributed by atoms with van der Waals surface area (Å²) in [5, 5.41) is 6.41. The lowest BCUT2D eigenvalue weighted by Crippen LogP contribution is -2.39. The molecule has 1 aliphatic rings. The van der Waals surface area contributed by atoms with Crippen LogP contribution >= 0.6 is 0 Å². The number of methoxy groups -OCH3 is 1. The zero-order chi connectivity index (χ0) is 21.8. The number of nitrogens with zero attached hydrogens (tertiary/aromatic N) is 1. The summed E-state index contributed by atoms with van der Waals surface area (Å²) in [6.07, 6.45) is 5.99. The minimum Gasteiger partial charge on any atom is -0.493 e. The van der Waals surface area contributed by atoms with E-state index in [4.69, 9.17) is 14.2 Å². The molecule has 0 unspecified atom stereocenters. The molecule has 1 saturated carbocycles. The van der Waals surface area contributed by atoms with Crippen molar-refractivity contribution in [3.63, 3.8) is 0 Å². The van der Waals surface area contributed by atoms with Crippen LogP contribution in [-0.2, 0) is 21.1 Å². The van der Waals surface area contributed by atoms with Gasteiger partial charge in [0.15, 0.2) is 17.5 Å². The van der Waals surface area contributed by atoms with Gasteiger partial charge in [-0.3, -0.25) is 0 Å². The fraction of sp³-hybridized carbons (Fsp3) is 0.667. The van der Waals surface area contributed by atoms with Crippen molar-refractivity contribution in [2.24, 2.45) is 4.99 Å². The molecule has 0 radical (unpaired) electrons. The Kier molecular flexibility index (Phi) is 10.2. The Morgan fingerprint density at radius 2 is 1.97 bits per heavy atom. The normalized spacial score (nSPS) is 15.2. The minimum atomic E-state index is -3.00. The number of para-hydroxylation sites is 1. The van der Waals surface area contributed by atoms with Gasteiger partial charge < -0.3 is 24.8 Å². The Morgan fingerprint density at radius 3 is 2.63 bits per heavy atom. The molecule has 0 aromatic heterocycles. The Morgan fingerprint density at radius 1 is 1.20 bits per heavy atom. The van der Waals surface area contributed by atoms with Crippen LogP contribution in [0.5, 0.6) is 11.5 Å². The predicted octanol–water partition coefficient (Wildman–Crippen LogP) is 2.13. The molecule has 0 spiro atoms. The molecule has 0 saturated heterocycles. The molecule has 2 N–H and O–H groups in total. The maximum absolute atomic E-state index is 11.1. The number of sulfone groups is 1. The second-order valence-electron chi connectivity index (χ2n) is 7.34. The molecule has 0 heterocycles. The standard InChI is InChI=1S/C21H35N3O5S/c1-4-22-21(23-12-13-28-14-15-30(3,25)26)24-16-17-8-7-11-19(27-2)20(17)29-18-9-5-6-10-18/h7-8,11,18H,4-6,9-10,12-16H2,1-3H3,(H2,22,23,24). The van der Waals surface area contributed by atoms with E-state index in [2.05, 4.69) is 15.6 Å². The van der Waals surface area contributed by atoms with Crippen molar-refractivity contribution in [1.29, 1.82) is 0 Å². The average molecular weight is 442 g/mol. The highest BCUT2D eigenvalue weighted by Crippen LogP contribution is 2.35. The third kappa shape index (κ3) is 8.79. The maximum Gasteiger partial charge on any atom is 0.191 e. The van der Waals surface area contributed by atoms with E-state index in [1.54, 1.807) is 7.11 Å². The highest BCUT2D eigenvalue weighted by atomic mass is 32.2. The van der Waals surface area contributed by atoms with Crippen molar-refractivity contribution in [1.82, 2.24) is 10.6 Å². The second kappa shape index (κ2) is 12.6. The van der Waals surface area contributed by atoms with Crippen LogP contribution in [0.3, 0.4) is 0 Å². The first-order chi connectivity index (χ1) is 14.4. The average Bonchev–Trinajstić information content (AvgIpc) is 3.21. The molecule has 1 aromatic carbocycles. The zero-order valence-corrected chi connectivity index (χ0v) is 19.1. The molecule has 1 fully saturated rings. The van der Waals surface area contributed by atoms with Crippen molar-refractivity contribution in [3.8, 4) is 11.5 Å². The van der Waals surface area contributed by atoms with Gasteiger partial charge in [0.2, 0.25) is 0 Å². The van der Waals surface area contributed by atoms with Crippen LogP contribution < -0.4 is 20.1 Å². The molecule has 0 amide bonds. The Balaban J connectivity index is 1.94. The first-order valence-electron chi connectivity index (χ1n) is 10.5. The topological polar surface area (TPSA) is 98.2 Å². The van der Waals surface area contributed by atoms with Gasteiger partial charge in [-0.15, -0.1) is 0 Å². The number of benzene rings is 1. The van der Waals surface area contributed by atoms with E-state index in [1.165, 1.54) is 19.1 Å². The van der Waals surface area contributed by atoms with E-state index in [1.807, 2.05) is 25.1 Å². The molecule has 8 nitrogen and oxygen atoms in total. The van der Waals surface area contributed by atoms with Crippen molar-refractivity contribution in [2.75, 3.05) is 45.4 Å². The molecule has 2 rings (SSSR count). The lowest BCUT2D eigenvalue weighted by molar-refractivity contribution is 0.154. The van der Waals surface area contributed by atoms with Gasteiger partial charge in [-0.05, 0) is 38.7 Å². The van der Waals surface area contributed by atoms with Gasteiger partial charge in [0, 0.05) is 24.9 Å². The summed E-state index contributed by atoms with van der Waals surface area (Å²) < 4.78 is 39.4. The van der Waals surface area contributed by atoms with E-state index < -0.39 is 9.84 Å². The van der Waals surface area contributed by atoms with Crippen LogP contribution in [0, 0.1) is 0 Å². The van der Waals surface area contributed by atoms with Gasteiger partial charge in [-0.1, -0.05) is 12.1 Å². The molecular formula is C21H35N3O5S. The van der Waals surface area contributed by atoms with Crippen molar-refractivity contribution in [3.05, 3.63) is 23.8 Å². The van der Waals surface area contributed by atoms with E-state index >= 15 is 0 Å². The monoisotopic (exact) mass is 441 g/mol. The minimum absolute atomic E-state index is 0.0285. The fourth-order valence-corrected chi connectivity index (χ4v) is 3.63. The second-order valence-corrected chi connectivity index (χ2v) is 9.60. The summed E-state index contributed by atoms with van der Waals surface area (Å²) >= 11 is 0. The molecule has 30 heavy (non-hydrogen) atoms. The zero-order valence-electron chi connectivity index (χ0n) is 18.3. The first-order valence-corrected chi connectivity index (χ1v) is 12.6. The van der Waals surface area contributed by atoms with Crippen LogP contribution in [0.25, 0.3) is 0 Å². The fourth-order valence-electron chi connectivity index (χ4n) is 3.21. The van der Waals surface area contributed by atoms with Gasteiger partial charge in [0.1, 0.15) is 9.84 Å². The Labute approximate surface area is 180 Å². The number of aliphatic imine (C=N–C) groups is 1. The van der Waals surface area contributed by atoms with Crippen LogP contribution in [0.1, 0.15) is 38.2 Å². The lowest BCUT2D eigenvalue weighted by atomic mass is 10.1. The predicted molar refractivity (Wildman–Crippen MR) is 119 cm³/mol. The largest absolute Gasteiger partial charge is 0.493 e. The molecule has 1 aliphatic carbocycles. The van der Waals surface area contributed by atoms with Crippen LogP contribution in [-0.4, -0.2) is 65.9 Å². The molecule has 0 atom stereocenters. The number of ether oxygens (including phenoxy) is 3. The lowest BCUT2D eigenvalue weighted by Gasteiger charge is -2.19. The highest BCUT2D eigenvalue weighted by molar-refractivity contribution is 7.90. The molecule has 9 heteroatoms. The number of hydrogen-bond acceptors (Lipinski definition) is 6. The van der Waals surface area contributed by atoms with E-state index in [-0.39, 0.29) is 18.5 Å². The summed E-state index contributed by atoms with van der Waals surface area (Å²) in [6, 6.07) is 5.87. The van der Waals surface area contributed by atoms with Crippen molar-refractivity contribution >= 4 is 15.8 Å². The Hall–Kier alpha value is -2.00. The third-order valence-electron chi connectivity index (χ3n) is 4.76. The number of nitrogens with one attached hydrogen (secondary N) is 2. The highest BCUT2D eigenvalue weighted by Gasteiger charge is 2.20. The molecular weight excluding hydrogens is 406 g/mol. The molecule has 170 valence electrons. The first kappa shape index (κ1) is 24.3. The van der Waals surface area contributed by atoms with Gasteiger partial charge >= 0.3 is 0 Å². The SMILES string of the molecule is CCNC(=NCc1cccc(OC)c1OC1CCCC1)NCCOCCS(C)(=O)=O. The summed E-state index contributed by atoms with van der Waals surface area (Å²) in [5.41, 5.74) is 0.975. The van der Waals surface area contributed by atoms with Crippen LogP contribution in [0.15, 0.2) is 23.2 Å². The number of rotatable bonds is 12. The third-order valence-corrected chi connectivity index (χ3v) is 5.66. The smallest absolute Gasteiger partial charge is 0.191 e. The van der Waals surface area contributed by atoms with Gasteiger partial charge in [0.25, 0.3) is 0 Å². The molecule has 1 aromatic rings. The number of guanidine groups is 1. The number of hydrogen-bond donors (Lipinski definition) is 2. The maximum atomic E-state index is 11.1.